The van der Waals surface area contributed by atoms with Gasteiger partial charge in [0.15, 0.2) is 0 Å². The monoisotopic (exact) mass is 445 g/mol. The third kappa shape index (κ3) is 5.83. The molecule has 9 heteroatoms. The van der Waals surface area contributed by atoms with Crippen LogP contribution in [0.2, 0.25) is 0 Å². The zero-order valence-corrected chi connectivity index (χ0v) is 18.7. The summed E-state index contributed by atoms with van der Waals surface area (Å²) >= 11 is 0. The van der Waals surface area contributed by atoms with Crippen LogP contribution in [0.4, 0.5) is 10.5 Å². The number of benzene rings is 2. The molecule has 0 bridgehead atoms. The van der Waals surface area contributed by atoms with E-state index >= 15 is 0 Å². The van der Waals surface area contributed by atoms with Crippen LogP contribution in [0.1, 0.15) is 31.1 Å². The quantitative estimate of drug-likeness (QED) is 0.780. The van der Waals surface area contributed by atoms with Gasteiger partial charge in [-0.05, 0) is 51.1 Å². The lowest BCUT2D eigenvalue weighted by atomic mass is 10.1. The summed E-state index contributed by atoms with van der Waals surface area (Å²) in [7, 11) is -3.58. The van der Waals surface area contributed by atoms with Gasteiger partial charge in [0.1, 0.15) is 5.60 Å². The third-order valence-electron chi connectivity index (χ3n) is 4.66. The molecule has 0 spiro atoms. The molecule has 1 N–H and O–H groups in total. The van der Waals surface area contributed by atoms with E-state index in [1.165, 1.54) is 4.31 Å². The molecular formula is C22H27N3O5S. The highest BCUT2D eigenvalue weighted by Gasteiger charge is 2.30. The average Bonchev–Trinajstić information content (AvgIpc) is 2.72. The van der Waals surface area contributed by atoms with Crippen LogP contribution >= 0.6 is 0 Å². The number of nitrogens with one attached hydrogen (secondary N) is 1. The summed E-state index contributed by atoms with van der Waals surface area (Å²) in [5.74, 6) is -0.218. The second kappa shape index (κ2) is 9.07. The van der Waals surface area contributed by atoms with Crippen molar-refractivity contribution in [2.75, 3.05) is 31.5 Å². The van der Waals surface area contributed by atoms with Crippen LogP contribution in [0.25, 0.3) is 0 Å². The number of carbonyl (C=O) groups excluding carboxylic acids is 2. The van der Waals surface area contributed by atoms with Crippen LogP contribution in [-0.2, 0) is 14.8 Å². The Labute approximate surface area is 182 Å². The van der Waals surface area contributed by atoms with E-state index in [0.717, 1.165) is 0 Å². The maximum Gasteiger partial charge on any atom is 0.412 e. The van der Waals surface area contributed by atoms with Crippen molar-refractivity contribution in [1.29, 1.82) is 0 Å². The summed E-state index contributed by atoms with van der Waals surface area (Å²) in [5, 5.41) is 2.62. The molecule has 8 nitrogen and oxygen atoms in total. The maximum absolute atomic E-state index is 12.9. The summed E-state index contributed by atoms with van der Waals surface area (Å²) in [6.07, 6.45) is -0.600. The van der Waals surface area contributed by atoms with Crippen molar-refractivity contribution in [2.45, 2.75) is 31.3 Å². The van der Waals surface area contributed by atoms with E-state index in [-0.39, 0.29) is 37.0 Å². The van der Waals surface area contributed by atoms with Crippen LogP contribution < -0.4 is 5.32 Å². The highest BCUT2D eigenvalue weighted by atomic mass is 32.2. The number of hydrogen-bond acceptors (Lipinski definition) is 5. The van der Waals surface area contributed by atoms with Crippen molar-refractivity contribution in [2.24, 2.45) is 0 Å². The summed E-state index contributed by atoms with van der Waals surface area (Å²) in [6.45, 7) is 6.32. The molecule has 2 amide bonds. The van der Waals surface area contributed by atoms with Crippen LogP contribution in [-0.4, -0.2) is 61.4 Å². The molecule has 1 saturated heterocycles. The van der Waals surface area contributed by atoms with Crippen molar-refractivity contribution in [3.8, 4) is 0 Å². The molecule has 1 heterocycles. The molecule has 166 valence electrons. The second-order valence-corrected chi connectivity index (χ2v) is 10.2. The smallest absolute Gasteiger partial charge is 0.412 e. The van der Waals surface area contributed by atoms with Gasteiger partial charge in [-0.1, -0.05) is 24.3 Å². The topological polar surface area (TPSA) is 96.0 Å². The Balaban J connectivity index is 1.63. The molecule has 0 unspecified atom stereocenters. The van der Waals surface area contributed by atoms with E-state index in [0.29, 0.717) is 11.3 Å². The van der Waals surface area contributed by atoms with Gasteiger partial charge in [0, 0.05) is 37.4 Å². The Morgan fingerprint density at radius 1 is 0.935 bits per heavy atom. The van der Waals surface area contributed by atoms with E-state index in [4.69, 9.17) is 4.74 Å². The molecule has 3 rings (SSSR count). The number of sulfonamides is 1. The van der Waals surface area contributed by atoms with Crippen molar-refractivity contribution < 1.29 is 22.7 Å². The molecular weight excluding hydrogens is 418 g/mol. The van der Waals surface area contributed by atoms with Gasteiger partial charge in [0.05, 0.1) is 4.90 Å². The number of anilines is 1. The molecule has 0 saturated carbocycles. The number of rotatable bonds is 4. The first-order chi connectivity index (χ1) is 14.6. The Hall–Kier alpha value is -2.91. The highest BCUT2D eigenvalue weighted by Crippen LogP contribution is 2.19. The maximum atomic E-state index is 12.9. The van der Waals surface area contributed by atoms with Gasteiger partial charge in [-0.3, -0.25) is 10.1 Å². The summed E-state index contributed by atoms with van der Waals surface area (Å²) in [5.41, 5.74) is 0.232. The molecule has 0 atom stereocenters. The Bertz CT molecular complexity index is 1040. The zero-order chi connectivity index (χ0) is 22.6. The van der Waals surface area contributed by atoms with Gasteiger partial charge in [0.25, 0.3) is 5.91 Å². The first-order valence-electron chi connectivity index (χ1n) is 10.0. The molecule has 31 heavy (non-hydrogen) atoms. The van der Waals surface area contributed by atoms with Gasteiger partial charge in [0.2, 0.25) is 10.0 Å². The molecule has 1 aliphatic heterocycles. The Kier molecular flexibility index (Phi) is 6.66. The van der Waals surface area contributed by atoms with E-state index in [1.807, 2.05) is 0 Å². The van der Waals surface area contributed by atoms with Crippen molar-refractivity contribution in [1.82, 2.24) is 9.21 Å². The molecule has 0 radical (unpaired) electrons. The van der Waals surface area contributed by atoms with Crippen molar-refractivity contribution in [3.63, 3.8) is 0 Å². The predicted molar refractivity (Wildman–Crippen MR) is 117 cm³/mol. The van der Waals surface area contributed by atoms with Crippen LogP contribution in [0.15, 0.2) is 59.5 Å². The van der Waals surface area contributed by atoms with E-state index in [9.17, 15) is 18.0 Å². The van der Waals surface area contributed by atoms with Crippen LogP contribution in [0.3, 0.4) is 0 Å². The molecule has 2 aromatic rings. The lowest BCUT2D eigenvalue weighted by Gasteiger charge is -2.34. The van der Waals surface area contributed by atoms with E-state index < -0.39 is 21.7 Å². The summed E-state index contributed by atoms with van der Waals surface area (Å²) in [4.78, 5) is 26.7. The number of piperazine rings is 1. The lowest BCUT2D eigenvalue weighted by molar-refractivity contribution is 0.0634. The van der Waals surface area contributed by atoms with E-state index in [2.05, 4.69) is 5.32 Å². The fraction of sp³-hybridized carbons (Fsp3) is 0.364. The highest BCUT2D eigenvalue weighted by molar-refractivity contribution is 7.89. The third-order valence-corrected chi connectivity index (χ3v) is 6.57. The fourth-order valence-electron chi connectivity index (χ4n) is 3.21. The first-order valence-corrected chi connectivity index (χ1v) is 11.4. The standard InChI is InChI=1S/C22H27N3O5S/c1-22(2,3)30-21(27)23-18-9-7-8-17(16-18)20(26)24-12-14-25(15-13-24)31(28,29)19-10-5-4-6-11-19/h4-11,16H,12-15H2,1-3H3,(H,23,27). The average molecular weight is 446 g/mol. The number of carbonyl (C=O) groups is 2. The zero-order valence-electron chi connectivity index (χ0n) is 17.9. The molecule has 1 fully saturated rings. The van der Waals surface area contributed by atoms with Gasteiger partial charge in [-0.25, -0.2) is 13.2 Å². The first kappa shape index (κ1) is 22.8. The minimum absolute atomic E-state index is 0.218. The fourth-order valence-corrected chi connectivity index (χ4v) is 4.65. The normalized spacial score (nSPS) is 15.4. The molecule has 2 aromatic carbocycles. The Morgan fingerprint density at radius 3 is 2.19 bits per heavy atom. The van der Waals surface area contributed by atoms with Crippen LogP contribution in [0, 0.1) is 0 Å². The van der Waals surface area contributed by atoms with E-state index in [1.54, 1.807) is 80.3 Å². The van der Waals surface area contributed by atoms with Crippen LogP contribution in [0.5, 0.6) is 0 Å². The van der Waals surface area contributed by atoms with Crippen molar-refractivity contribution >= 4 is 27.7 Å². The van der Waals surface area contributed by atoms with Gasteiger partial charge in [-0.15, -0.1) is 0 Å². The largest absolute Gasteiger partial charge is 0.444 e. The van der Waals surface area contributed by atoms with Crippen molar-refractivity contribution in [3.05, 3.63) is 60.2 Å². The number of nitrogens with zero attached hydrogens (tertiary/aromatic N) is 2. The van der Waals surface area contributed by atoms with Gasteiger partial charge >= 0.3 is 6.09 Å². The molecule has 0 aliphatic carbocycles. The minimum Gasteiger partial charge on any atom is -0.444 e. The Morgan fingerprint density at radius 2 is 1.58 bits per heavy atom. The van der Waals surface area contributed by atoms with Gasteiger partial charge in [-0.2, -0.15) is 4.31 Å². The minimum atomic E-state index is -3.58. The lowest BCUT2D eigenvalue weighted by Crippen LogP contribution is -2.50. The summed E-state index contributed by atoms with van der Waals surface area (Å²) < 4.78 is 32.1. The molecule has 1 aliphatic rings. The number of ether oxygens (including phenoxy) is 1. The predicted octanol–water partition coefficient (Wildman–Crippen LogP) is 3.18. The molecule has 0 aromatic heterocycles. The number of amides is 2. The summed E-state index contributed by atoms with van der Waals surface area (Å²) in [6, 6.07) is 14.9. The SMILES string of the molecule is CC(C)(C)OC(=O)Nc1cccc(C(=O)N2CCN(S(=O)(=O)c3ccccc3)CC2)c1. The van der Waals surface area contributed by atoms with Gasteiger partial charge < -0.3 is 9.64 Å². The number of hydrogen-bond donors (Lipinski definition) is 1. The second-order valence-electron chi connectivity index (χ2n) is 8.22.